The number of nitrogens with one attached hydrogen (secondary N) is 1. The highest BCUT2D eigenvalue weighted by molar-refractivity contribution is 7.97. The zero-order valence-electron chi connectivity index (χ0n) is 12.9. The van der Waals surface area contributed by atoms with Gasteiger partial charge in [0.1, 0.15) is 0 Å². The maximum atomic E-state index is 12.4. The first-order chi connectivity index (χ1) is 10.1. The van der Waals surface area contributed by atoms with Crippen LogP contribution in [-0.4, -0.2) is 29.4 Å². The van der Waals surface area contributed by atoms with E-state index in [1.165, 1.54) is 12.0 Å². The highest BCUT2D eigenvalue weighted by Crippen LogP contribution is 2.32. The highest BCUT2D eigenvalue weighted by atomic mass is 32.2. The van der Waals surface area contributed by atoms with Crippen molar-refractivity contribution in [3.8, 4) is 0 Å². The molecule has 1 aliphatic rings. The van der Waals surface area contributed by atoms with Crippen LogP contribution in [0.1, 0.15) is 48.5 Å². The van der Waals surface area contributed by atoms with Crippen molar-refractivity contribution in [1.29, 1.82) is 0 Å². The first-order valence-electron chi connectivity index (χ1n) is 7.60. The Morgan fingerprint density at radius 1 is 1.43 bits per heavy atom. The van der Waals surface area contributed by atoms with Crippen LogP contribution in [0.25, 0.3) is 0 Å². The molecule has 1 aliphatic carbocycles. The molecule has 1 amide bonds. The number of benzene rings is 1. The van der Waals surface area contributed by atoms with Crippen LogP contribution < -0.4 is 5.32 Å². The van der Waals surface area contributed by atoms with E-state index in [0.29, 0.717) is 11.5 Å². The summed E-state index contributed by atoms with van der Waals surface area (Å²) in [5, 5.41) is 12.8. The molecular weight excluding hydrogens is 282 g/mol. The summed E-state index contributed by atoms with van der Waals surface area (Å²) in [5.41, 5.74) is 1.46. The van der Waals surface area contributed by atoms with Gasteiger partial charge in [-0.15, -0.1) is 0 Å². The second-order valence-corrected chi connectivity index (χ2v) is 7.09. The van der Waals surface area contributed by atoms with Gasteiger partial charge < -0.3 is 10.4 Å². The summed E-state index contributed by atoms with van der Waals surface area (Å²) in [6.07, 6.45) is 6.04. The van der Waals surface area contributed by atoms with Crippen molar-refractivity contribution in [2.75, 3.05) is 12.9 Å². The lowest BCUT2D eigenvalue weighted by atomic mass is 9.76. The number of aliphatic hydroxyl groups excluding tert-OH is 1. The van der Waals surface area contributed by atoms with Crippen LogP contribution in [0.15, 0.2) is 24.3 Å². The molecule has 1 aromatic carbocycles. The highest BCUT2D eigenvalue weighted by Gasteiger charge is 2.35. The molecule has 2 rings (SSSR count). The van der Waals surface area contributed by atoms with Crippen molar-refractivity contribution in [2.24, 2.45) is 5.92 Å². The summed E-state index contributed by atoms with van der Waals surface area (Å²) in [6, 6.07) is 7.75. The molecule has 1 aromatic rings. The molecule has 2 atom stereocenters. The van der Waals surface area contributed by atoms with Gasteiger partial charge in [-0.1, -0.05) is 31.9 Å². The van der Waals surface area contributed by atoms with Crippen molar-refractivity contribution in [2.45, 2.75) is 43.9 Å². The van der Waals surface area contributed by atoms with Gasteiger partial charge in [0.2, 0.25) is 0 Å². The third-order valence-corrected chi connectivity index (χ3v) is 4.92. The van der Waals surface area contributed by atoms with Crippen molar-refractivity contribution in [3.63, 3.8) is 0 Å². The molecule has 0 spiro atoms. The Hall–Kier alpha value is -1.00. The van der Waals surface area contributed by atoms with Gasteiger partial charge in [0, 0.05) is 11.3 Å². The molecule has 21 heavy (non-hydrogen) atoms. The third-order valence-electron chi connectivity index (χ3n) is 4.30. The van der Waals surface area contributed by atoms with Gasteiger partial charge in [-0.05, 0) is 42.7 Å². The molecule has 2 unspecified atom stereocenters. The SMILES string of the molecule is CSCc1ccc(C(=O)NC2(CO)CCCC(C)C2)cc1. The molecule has 116 valence electrons. The van der Waals surface area contributed by atoms with E-state index < -0.39 is 5.54 Å². The van der Waals surface area contributed by atoms with Crippen molar-refractivity contribution < 1.29 is 9.90 Å². The quantitative estimate of drug-likeness (QED) is 0.878. The van der Waals surface area contributed by atoms with E-state index in [1.54, 1.807) is 11.8 Å². The fourth-order valence-electron chi connectivity index (χ4n) is 3.19. The fourth-order valence-corrected chi connectivity index (χ4v) is 3.71. The van der Waals surface area contributed by atoms with E-state index in [2.05, 4.69) is 18.5 Å². The van der Waals surface area contributed by atoms with Gasteiger partial charge in [0.25, 0.3) is 5.91 Å². The first-order valence-corrected chi connectivity index (χ1v) is 8.99. The van der Waals surface area contributed by atoms with Crippen LogP contribution in [-0.2, 0) is 5.75 Å². The summed E-state index contributed by atoms with van der Waals surface area (Å²) in [7, 11) is 0. The van der Waals surface area contributed by atoms with Crippen molar-refractivity contribution in [3.05, 3.63) is 35.4 Å². The fraction of sp³-hybridized carbons (Fsp3) is 0.588. The predicted molar refractivity (Wildman–Crippen MR) is 88.6 cm³/mol. The third kappa shape index (κ3) is 4.24. The maximum Gasteiger partial charge on any atom is 0.251 e. The predicted octanol–water partition coefficient (Wildman–Crippen LogP) is 3.22. The largest absolute Gasteiger partial charge is 0.394 e. The minimum Gasteiger partial charge on any atom is -0.394 e. The van der Waals surface area contributed by atoms with Crippen LogP contribution in [0, 0.1) is 5.92 Å². The maximum absolute atomic E-state index is 12.4. The van der Waals surface area contributed by atoms with Gasteiger partial charge in [-0.3, -0.25) is 4.79 Å². The Morgan fingerprint density at radius 2 is 2.14 bits per heavy atom. The van der Waals surface area contributed by atoms with Crippen LogP contribution >= 0.6 is 11.8 Å². The summed E-state index contributed by atoms with van der Waals surface area (Å²) in [5.74, 6) is 1.43. The van der Waals surface area contributed by atoms with E-state index in [-0.39, 0.29) is 12.5 Å². The van der Waals surface area contributed by atoms with E-state index in [9.17, 15) is 9.90 Å². The Balaban J connectivity index is 2.05. The number of carbonyl (C=O) groups is 1. The minimum absolute atomic E-state index is 0.0215. The normalized spacial score (nSPS) is 25.6. The van der Waals surface area contributed by atoms with E-state index in [1.807, 2.05) is 24.3 Å². The van der Waals surface area contributed by atoms with Gasteiger partial charge >= 0.3 is 0 Å². The number of hydrogen-bond donors (Lipinski definition) is 2. The zero-order valence-corrected chi connectivity index (χ0v) is 13.7. The lowest BCUT2D eigenvalue weighted by Crippen LogP contribution is -2.53. The summed E-state index contributed by atoms with van der Waals surface area (Å²) < 4.78 is 0. The standard InChI is InChI=1S/C17H25NO2S/c1-13-4-3-9-17(10-13,12-19)18-16(20)15-7-5-14(6-8-15)11-21-2/h5-8,13,19H,3-4,9-12H2,1-2H3,(H,18,20). The molecule has 1 saturated carbocycles. The first kappa shape index (κ1) is 16.4. The molecule has 3 nitrogen and oxygen atoms in total. The molecule has 0 bridgehead atoms. The molecule has 2 N–H and O–H groups in total. The number of carbonyl (C=O) groups excluding carboxylic acids is 1. The van der Waals surface area contributed by atoms with Gasteiger partial charge in [0.15, 0.2) is 0 Å². The molecule has 0 aliphatic heterocycles. The summed E-state index contributed by atoms with van der Waals surface area (Å²) >= 11 is 1.77. The molecule has 1 fully saturated rings. The van der Waals surface area contributed by atoms with Crippen LogP contribution in [0.3, 0.4) is 0 Å². The molecule has 0 saturated heterocycles. The molecule has 0 aromatic heterocycles. The van der Waals surface area contributed by atoms with Gasteiger partial charge in [0.05, 0.1) is 12.1 Å². The Labute approximate surface area is 131 Å². The topological polar surface area (TPSA) is 49.3 Å². The lowest BCUT2D eigenvalue weighted by molar-refractivity contribution is 0.0697. The minimum atomic E-state index is -0.438. The van der Waals surface area contributed by atoms with E-state index in [4.69, 9.17) is 0 Å². The Morgan fingerprint density at radius 3 is 2.71 bits per heavy atom. The van der Waals surface area contributed by atoms with Crippen LogP contribution in [0.4, 0.5) is 0 Å². The van der Waals surface area contributed by atoms with Crippen LogP contribution in [0.5, 0.6) is 0 Å². The number of thioether (sulfide) groups is 1. The van der Waals surface area contributed by atoms with E-state index >= 15 is 0 Å². The lowest BCUT2D eigenvalue weighted by Gasteiger charge is -2.39. The average molecular weight is 307 g/mol. The second kappa shape index (κ2) is 7.32. The molecule has 0 heterocycles. The monoisotopic (exact) mass is 307 g/mol. The average Bonchev–Trinajstić information content (AvgIpc) is 2.48. The zero-order chi connectivity index (χ0) is 15.3. The number of amides is 1. The number of aliphatic hydroxyl groups is 1. The van der Waals surface area contributed by atoms with E-state index in [0.717, 1.165) is 25.0 Å². The summed E-state index contributed by atoms with van der Waals surface area (Å²) in [6.45, 7) is 2.21. The summed E-state index contributed by atoms with van der Waals surface area (Å²) in [4.78, 5) is 12.4. The number of hydrogen-bond acceptors (Lipinski definition) is 3. The van der Waals surface area contributed by atoms with Gasteiger partial charge in [-0.2, -0.15) is 11.8 Å². The number of rotatable bonds is 5. The smallest absolute Gasteiger partial charge is 0.251 e. The molecule has 4 heteroatoms. The van der Waals surface area contributed by atoms with Crippen molar-refractivity contribution >= 4 is 17.7 Å². The Bertz CT molecular complexity index is 474. The Kier molecular flexibility index (Phi) is 5.71. The molecule has 0 radical (unpaired) electrons. The molecular formula is C17H25NO2S. The van der Waals surface area contributed by atoms with Gasteiger partial charge in [-0.25, -0.2) is 0 Å². The second-order valence-electron chi connectivity index (χ2n) is 6.22. The van der Waals surface area contributed by atoms with Crippen molar-refractivity contribution in [1.82, 2.24) is 5.32 Å². The van der Waals surface area contributed by atoms with Crippen LogP contribution in [0.2, 0.25) is 0 Å².